The van der Waals surface area contributed by atoms with Gasteiger partial charge in [-0.2, -0.15) is 5.10 Å². The van der Waals surface area contributed by atoms with Crippen LogP contribution >= 0.6 is 11.3 Å². The monoisotopic (exact) mass is 393 g/mol. The fraction of sp³-hybridized carbons (Fsp3) is 0.273. The molecule has 3 aromatic rings. The van der Waals surface area contributed by atoms with E-state index in [1.54, 1.807) is 22.6 Å². The third-order valence-electron chi connectivity index (χ3n) is 5.06. The topological polar surface area (TPSA) is 57.8 Å². The number of thiophene rings is 1. The van der Waals surface area contributed by atoms with Gasteiger partial charge in [0.2, 0.25) is 0 Å². The molecule has 0 fully saturated rings. The summed E-state index contributed by atoms with van der Waals surface area (Å²) in [6.07, 6.45) is 2.29. The second-order valence-corrected chi connectivity index (χ2v) is 7.94. The van der Waals surface area contributed by atoms with Crippen molar-refractivity contribution in [3.8, 4) is 0 Å². The zero-order chi connectivity index (χ0) is 19.5. The normalized spacial score (nSPS) is 17.6. The molecule has 1 N–H and O–H groups in total. The van der Waals surface area contributed by atoms with E-state index < -0.39 is 0 Å². The Morgan fingerprint density at radius 1 is 1.29 bits per heavy atom. The van der Waals surface area contributed by atoms with Crippen LogP contribution in [0.2, 0.25) is 0 Å². The summed E-state index contributed by atoms with van der Waals surface area (Å²) in [5.74, 6) is 0.679. The highest BCUT2D eigenvalue weighted by Gasteiger charge is 2.34. The van der Waals surface area contributed by atoms with Crippen LogP contribution in [0, 0.1) is 6.92 Å². The Morgan fingerprint density at radius 3 is 2.86 bits per heavy atom. The largest absolute Gasteiger partial charge is 0.463 e. The second kappa shape index (κ2) is 8.12. The number of rotatable bonds is 6. The lowest BCUT2D eigenvalue weighted by Gasteiger charge is -2.22. The van der Waals surface area contributed by atoms with Crippen molar-refractivity contribution in [2.24, 2.45) is 5.10 Å². The molecule has 28 heavy (non-hydrogen) atoms. The molecule has 2 aromatic heterocycles. The molecular weight excluding hydrogens is 370 g/mol. The Labute approximate surface area is 168 Å². The molecule has 6 heteroatoms. The van der Waals surface area contributed by atoms with Crippen molar-refractivity contribution < 1.29 is 9.21 Å². The summed E-state index contributed by atoms with van der Waals surface area (Å²) in [5, 5.41) is 11.6. The molecule has 3 heterocycles. The number of hydrazone groups is 1. The quantitative estimate of drug-likeness (QED) is 0.662. The van der Waals surface area contributed by atoms with Gasteiger partial charge in [0.15, 0.2) is 0 Å². The maximum atomic E-state index is 13.0. The lowest BCUT2D eigenvalue weighted by Crippen LogP contribution is -2.36. The Balaban J connectivity index is 1.49. The number of aryl methyl sites for hydroxylation is 1. The number of carbonyl (C=O) groups is 1. The number of furan rings is 1. The first-order valence-corrected chi connectivity index (χ1v) is 10.3. The van der Waals surface area contributed by atoms with E-state index in [1.165, 1.54) is 11.1 Å². The van der Waals surface area contributed by atoms with Gasteiger partial charge in [-0.1, -0.05) is 30.3 Å². The van der Waals surface area contributed by atoms with Gasteiger partial charge in [-0.05, 0) is 48.6 Å². The number of amides is 1. The predicted octanol–water partition coefficient (Wildman–Crippen LogP) is 4.68. The van der Waals surface area contributed by atoms with Crippen molar-refractivity contribution in [1.29, 1.82) is 0 Å². The van der Waals surface area contributed by atoms with Crippen LogP contribution < -0.4 is 5.32 Å². The molecular formula is C22H23N3O2S. The minimum Gasteiger partial charge on any atom is -0.463 e. The van der Waals surface area contributed by atoms with E-state index in [9.17, 15) is 4.79 Å². The zero-order valence-electron chi connectivity index (χ0n) is 16.0. The number of hydrogen-bond acceptors (Lipinski definition) is 5. The third-order valence-corrected chi connectivity index (χ3v) is 6.03. The molecule has 0 spiro atoms. The number of nitrogens with one attached hydrogen (secondary N) is 1. The van der Waals surface area contributed by atoms with Crippen LogP contribution in [-0.2, 0) is 4.79 Å². The Morgan fingerprint density at radius 2 is 2.14 bits per heavy atom. The highest BCUT2D eigenvalue weighted by molar-refractivity contribution is 7.10. The van der Waals surface area contributed by atoms with Crippen molar-refractivity contribution in [3.63, 3.8) is 0 Å². The molecule has 0 saturated carbocycles. The van der Waals surface area contributed by atoms with E-state index in [0.29, 0.717) is 6.42 Å². The van der Waals surface area contributed by atoms with Crippen molar-refractivity contribution in [1.82, 2.24) is 10.3 Å². The third kappa shape index (κ3) is 3.79. The number of carbonyl (C=O) groups excluding carboxylic acids is 1. The Bertz CT molecular complexity index is 964. The van der Waals surface area contributed by atoms with E-state index in [1.807, 2.05) is 35.7 Å². The first kappa shape index (κ1) is 18.7. The second-order valence-electron chi connectivity index (χ2n) is 6.96. The van der Waals surface area contributed by atoms with E-state index in [2.05, 4.69) is 42.5 Å². The van der Waals surface area contributed by atoms with E-state index in [0.717, 1.165) is 16.3 Å². The van der Waals surface area contributed by atoms with Crippen LogP contribution in [0.25, 0.3) is 0 Å². The molecule has 0 saturated heterocycles. The van der Waals surface area contributed by atoms with Gasteiger partial charge in [-0.15, -0.1) is 11.3 Å². The van der Waals surface area contributed by atoms with E-state index in [4.69, 9.17) is 4.42 Å². The summed E-state index contributed by atoms with van der Waals surface area (Å²) >= 11 is 1.65. The minimum atomic E-state index is -0.0804. The molecule has 1 aromatic carbocycles. The molecule has 2 unspecified atom stereocenters. The summed E-state index contributed by atoms with van der Waals surface area (Å²) in [4.78, 5) is 14.1. The molecule has 2 atom stereocenters. The Kier molecular flexibility index (Phi) is 5.41. The van der Waals surface area contributed by atoms with Crippen molar-refractivity contribution in [2.75, 3.05) is 6.54 Å². The molecule has 4 rings (SSSR count). The first-order chi connectivity index (χ1) is 13.6. The zero-order valence-corrected chi connectivity index (χ0v) is 16.8. The molecule has 1 aliphatic heterocycles. The van der Waals surface area contributed by atoms with Crippen molar-refractivity contribution in [2.45, 2.75) is 32.4 Å². The summed E-state index contributed by atoms with van der Waals surface area (Å²) in [5.41, 5.74) is 3.22. The molecule has 0 aliphatic carbocycles. The fourth-order valence-electron chi connectivity index (χ4n) is 3.54. The summed E-state index contributed by atoms with van der Waals surface area (Å²) in [7, 11) is 0. The number of nitrogens with zero attached hydrogens (tertiary/aromatic N) is 2. The van der Waals surface area contributed by atoms with Crippen LogP contribution in [0.3, 0.4) is 0 Å². The fourth-order valence-corrected chi connectivity index (χ4v) is 4.35. The maximum absolute atomic E-state index is 13.0. The van der Waals surface area contributed by atoms with Crippen LogP contribution in [0.4, 0.5) is 0 Å². The summed E-state index contributed by atoms with van der Waals surface area (Å²) < 4.78 is 5.50. The molecule has 0 radical (unpaired) electrons. The summed E-state index contributed by atoms with van der Waals surface area (Å²) in [6, 6.07) is 16.0. The number of benzene rings is 1. The minimum absolute atomic E-state index is 0.0413. The van der Waals surface area contributed by atoms with Crippen LogP contribution in [0.1, 0.15) is 47.2 Å². The summed E-state index contributed by atoms with van der Waals surface area (Å²) in [6.45, 7) is 4.39. The van der Waals surface area contributed by atoms with Crippen molar-refractivity contribution in [3.05, 3.63) is 81.9 Å². The van der Waals surface area contributed by atoms with Gasteiger partial charge >= 0.3 is 0 Å². The van der Waals surface area contributed by atoms with Gasteiger partial charge in [0.1, 0.15) is 11.5 Å². The highest BCUT2D eigenvalue weighted by Crippen LogP contribution is 2.35. The maximum Gasteiger partial charge on any atom is 0.257 e. The molecule has 1 aliphatic rings. The lowest BCUT2D eigenvalue weighted by molar-refractivity contribution is -0.132. The predicted molar refractivity (Wildman–Crippen MR) is 111 cm³/mol. The van der Waals surface area contributed by atoms with Gasteiger partial charge in [-0.25, -0.2) is 5.01 Å². The van der Waals surface area contributed by atoms with E-state index >= 15 is 0 Å². The van der Waals surface area contributed by atoms with Crippen molar-refractivity contribution >= 4 is 23.0 Å². The number of hydrogen-bond donors (Lipinski definition) is 1. The van der Waals surface area contributed by atoms with Gasteiger partial charge < -0.3 is 9.73 Å². The lowest BCUT2D eigenvalue weighted by atomic mass is 10.0. The van der Waals surface area contributed by atoms with Gasteiger partial charge in [-0.3, -0.25) is 4.79 Å². The SMILES string of the molecule is Cc1ccccc1C(C)NCC(=O)N1N=C(c2ccco2)CC1c1cccs1. The van der Waals surface area contributed by atoms with Crippen LogP contribution in [0.5, 0.6) is 0 Å². The molecule has 1 amide bonds. The standard InChI is InChI=1S/C22H23N3O2S/c1-15-7-3-4-8-17(15)16(2)23-14-22(26)25-19(21-10-6-12-28-21)13-18(24-25)20-9-5-11-27-20/h3-12,16,19,23H,13-14H2,1-2H3. The van der Waals surface area contributed by atoms with Crippen LogP contribution in [-0.4, -0.2) is 23.2 Å². The van der Waals surface area contributed by atoms with Gasteiger partial charge in [0.25, 0.3) is 5.91 Å². The average Bonchev–Trinajstić information content (AvgIpc) is 3.46. The first-order valence-electron chi connectivity index (χ1n) is 9.39. The van der Waals surface area contributed by atoms with Gasteiger partial charge in [0.05, 0.1) is 18.8 Å². The van der Waals surface area contributed by atoms with E-state index in [-0.39, 0.29) is 24.5 Å². The smallest absolute Gasteiger partial charge is 0.257 e. The highest BCUT2D eigenvalue weighted by atomic mass is 32.1. The molecule has 144 valence electrons. The average molecular weight is 394 g/mol. The van der Waals surface area contributed by atoms with Gasteiger partial charge in [0, 0.05) is 17.3 Å². The Hall–Kier alpha value is -2.70. The molecule has 0 bridgehead atoms. The molecule has 5 nitrogen and oxygen atoms in total. The van der Waals surface area contributed by atoms with Crippen LogP contribution in [0.15, 0.2) is 69.7 Å².